The van der Waals surface area contributed by atoms with Gasteiger partial charge in [0.25, 0.3) is 5.91 Å². The van der Waals surface area contributed by atoms with E-state index in [1.165, 1.54) is 12.2 Å². The fourth-order valence-electron chi connectivity index (χ4n) is 2.23. The second kappa shape index (κ2) is 6.55. The number of rotatable bonds is 4. The summed E-state index contributed by atoms with van der Waals surface area (Å²) < 4.78 is 22.8. The maximum absolute atomic E-state index is 12.0. The lowest BCUT2D eigenvalue weighted by molar-refractivity contribution is -0.0757. The highest BCUT2D eigenvalue weighted by Crippen LogP contribution is 2.13. The van der Waals surface area contributed by atoms with Crippen LogP contribution in [0.15, 0.2) is 24.3 Å². The molecule has 0 atom stereocenters. The third-order valence-corrected chi connectivity index (χ3v) is 5.19. The highest BCUT2D eigenvalue weighted by Gasteiger charge is 2.21. The van der Waals surface area contributed by atoms with Gasteiger partial charge in [0.15, 0.2) is 9.84 Å². The Morgan fingerprint density at radius 3 is 2.62 bits per heavy atom. The summed E-state index contributed by atoms with van der Waals surface area (Å²) in [6, 6.07) is 7.32. The average molecular weight is 312 g/mol. The van der Waals surface area contributed by atoms with E-state index in [1.807, 2.05) is 18.2 Å². The van der Waals surface area contributed by atoms with Gasteiger partial charge in [-0.2, -0.15) is 0 Å². The number of carbonyl (C=O) groups excluding carboxylic acids is 1. The molecule has 21 heavy (non-hydrogen) atoms. The molecule has 6 nitrogen and oxygen atoms in total. The monoisotopic (exact) mass is 312 g/mol. The fourth-order valence-corrected chi connectivity index (χ4v) is 3.51. The summed E-state index contributed by atoms with van der Waals surface area (Å²) in [5.74, 6) is 0.205. The van der Waals surface area contributed by atoms with E-state index < -0.39 is 9.84 Å². The third-order valence-electron chi connectivity index (χ3n) is 3.58. The van der Waals surface area contributed by atoms with Gasteiger partial charge in [0.1, 0.15) is 0 Å². The summed E-state index contributed by atoms with van der Waals surface area (Å²) in [5.41, 5.74) is 1.55. The van der Waals surface area contributed by atoms with Crippen molar-refractivity contribution in [2.75, 3.05) is 38.8 Å². The van der Waals surface area contributed by atoms with Gasteiger partial charge in [-0.15, -0.1) is 0 Å². The molecule has 1 amide bonds. The lowest BCUT2D eigenvalue weighted by atomic mass is 10.1. The van der Waals surface area contributed by atoms with Crippen molar-refractivity contribution in [3.8, 4) is 0 Å². The number of nitrogens with zero attached hydrogens (tertiary/aromatic N) is 2. The molecular formula is C14H20N2O4S. The van der Waals surface area contributed by atoms with Crippen molar-refractivity contribution < 1.29 is 18.0 Å². The molecule has 1 aliphatic heterocycles. The fraction of sp³-hybridized carbons (Fsp3) is 0.500. The number of benzene rings is 1. The van der Waals surface area contributed by atoms with E-state index in [4.69, 9.17) is 4.84 Å². The van der Waals surface area contributed by atoms with Gasteiger partial charge >= 0.3 is 0 Å². The predicted molar refractivity (Wildman–Crippen MR) is 79.5 cm³/mol. The molecule has 0 N–H and O–H groups in total. The Hall–Kier alpha value is -1.44. The number of hydroxylamine groups is 2. The molecular weight excluding hydrogens is 292 g/mol. The maximum atomic E-state index is 12.0. The van der Waals surface area contributed by atoms with Crippen LogP contribution >= 0.6 is 0 Å². The summed E-state index contributed by atoms with van der Waals surface area (Å²) in [6.45, 7) is 1.73. The van der Waals surface area contributed by atoms with E-state index in [0.717, 1.165) is 5.56 Å². The highest BCUT2D eigenvalue weighted by atomic mass is 32.2. The van der Waals surface area contributed by atoms with E-state index in [0.29, 0.717) is 25.2 Å². The first-order valence-corrected chi connectivity index (χ1v) is 8.57. The van der Waals surface area contributed by atoms with Crippen molar-refractivity contribution in [1.82, 2.24) is 9.96 Å². The van der Waals surface area contributed by atoms with Crippen LogP contribution in [0.4, 0.5) is 0 Å². The highest BCUT2D eigenvalue weighted by molar-refractivity contribution is 7.91. The van der Waals surface area contributed by atoms with Crippen LogP contribution in [0.2, 0.25) is 0 Å². The third kappa shape index (κ3) is 4.26. The largest absolute Gasteiger partial charge is 0.297 e. The second-order valence-electron chi connectivity index (χ2n) is 5.11. The standard InChI is InChI=1S/C14H20N2O4S/c1-15(20-2)14(17)13-5-3-4-12(10-13)11-16-6-8-21(18,19)9-7-16/h3-5,10H,6-9,11H2,1-2H3. The zero-order valence-electron chi connectivity index (χ0n) is 12.3. The molecule has 1 fully saturated rings. The van der Waals surface area contributed by atoms with Gasteiger partial charge in [-0.25, -0.2) is 13.5 Å². The molecule has 116 valence electrons. The van der Waals surface area contributed by atoms with Gasteiger partial charge in [-0.1, -0.05) is 12.1 Å². The zero-order chi connectivity index (χ0) is 15.5. The summed E-state index contributed by atoms with van der Waals surface area (Å²) in [4.78, 5) is 19.0. The van der Waals surface area contributed by atoms with Crippen LogP contribution in [-0.2, 0) is 21.2 Å². The van der Waals surface area contributed by atoms with Gasteiger partial charge in [0.05, 0.1) is 18.6 Å². The zero-order valence-corrected chi connectivity index (χ0v) is 13.1. The molecule has 2 rings (SSSR count). The molecule has 0 bridgehead atoms. The Bertz CT molecular complexity index is 601. The minimum absolute atomic E-state index is 0.206. The Morgan fingerprint density at radius 1 is 1.33 bits per heavy atom. The lowest BCUT2D eigenvalue weighted by Crippen LogP contribution is -2.39. The first kappa shape index (κ1) is 15.9. The van der Waals surface area contributed by atoms with Crippen LogP contribution < -0.4 is 0 Å². The Balaban J connectivity index is 2.03. The van der Waals surface area contributed by atoms with Gasteiger partial charge in [-0.3, -0.25) is 14.5 Å². The number of hydrogen-bond donors (Lipinski definition) is 0. The summed E-state index contributed by atoms with van der Waals surface area (Å²) in [7, 11) is 0.137. The molecule has 1 heterocycles. The van der Waals surface area contributed by atoms with Crippen molar-refractivity contribution >= 4 is 15.7 Å². The minimum atomic E-state index is -2.86. The van der Waals surface area contributed by atoms with E-state index in [9.17, 15) is 13.2 Å². The molecule has 0 saturated carbocycles. The van der Waals surface area contributed by atoms with Crippen molar-refractivity contribution in [2.24, 2.45) is 0 Å². The second-order valence-corrected chi connectivity index (χ2v) is 7.42. The quantitative estimate of drug-likeness (QED) is 0.760. The molecule has 7 heteroatoms. The first-order chi connectivity index (χ1) is 9.91. The maximum Gasteiger partial charge on any atom is 0.277 e. The molecule has 0 spiro atoms. The smallest absolute Gasteiger partial charge is 0.277 e. The van der Waals surface area contributed by atoms with E-state index >= 15 is 0 Å². The van der Waals surface area contributed by atoms with Crippen molar-refractivity contribution in [3.05, 3.63) is 35.4 Å². The van der Waals surface area contributed by atoms with Crippen molar-refractivity contribution in [3.63, 3.8) is 0 Å². The van der Waals surface area contributed by atoms with Crippen LogP contribution in [0.25, 0.3) is 0 Å². The topological polar surface area (TPSA) is 66.9 Å². The van der Waals surface area contributed by atoms with Gasteiger partial charge in [-0.05, 0) is 17.7 Å². The van der Waals surface area contributed by atoms with Gasteiger partial charge in [0, 0.05) is 32.2 Å². The average Bonchev–Trinajstić information content (AvgIpc) is 2.48. The Labute approximate surface area is 125 Å². The molecule has 0 radical (unpaired) electrons. The molecule has 0 unspecified atom stereocenters. The minimum Gasteiger partial charge on any atom is -0.297 e. The van der Waals surface area contributed by atoms with E-state index in [-0.39, 0.29) is 17.4 Å². The SMILES string of the molecule is CON(C)C(=O)c1cccc(CN2CCS(=O)(=O)CC2)c1. The number of amides is 1. The van der Waals surface area contributed by atoms with Crippen LogP contribution in [0.1, 0.15) is 15.9 Å². The van der Waals surface area contributed by atoms with Crippen LogP contribution in [0.5, 0.6) is 0 Å². The number of sulfone groups is 1. The number of hydrogen-bond acceptors (Lipinski definition) is 5. The van der Waals surface area contributed by atoms with E-state index in [1.54, 1.807) is 13.1 Å². The Kier molecular flexibility index (Phi) is 4.97. The molecule has 0 aliphatic carbocycles. The van der Waals surface area contributed by atoms with Gasteiger partial charge < -0.3 is 0 Å². The molecule has 1 aromatic carbocycles. The Morgan fingerprint density at radius 2 is 2.00 bits per heavy atom. The molecule has 1 aliphatic rings. The predicted octanol–water partition coefficient (Wildman–Crippen LogP) is 0.550. The summed E-state index contributed by atoms with van der Waals surface area (Å²) in [5, 5.41) is 1.17. The van der Waals surface area contributed by atoms with Crippen molar-refractivity contribution in [1.29, 1.82) is 0 Å². The van der Waals surface area contributed by atoms with Gasteiger partial charge in [0.2, 0.25) is 0 Å². The van der Waals surface area contributed by atoms with Crippen LogP contribution in [0, 0.1) is 0 Å². The summed E-state index contributed by atoms with van der Waals surface area (Å²) >= 11 is 0. The number of carbonyl (C=O) groups is 1. The molecule has 1 aromatic rings. The van der Waals surface area contributed by atoms with Crippen LogP contribution in [-0.4, -0.2) is 63.0 Å². The first-order valence-electron chi connectivity index (χ1n) is 6.75. The summed E-state index contributed by atoms with van der Waals surface area (Å²) in [6.07, 6.45) is 0. The lowest BCUT2D eigenvalue weighted by Gasteiger charge is -2.26. The van der Waals surface area contributed by atoms with E-state index in [2.05, 4.69) is 4.90 Å². The van der Waals surface area contributed by atoms with Crippen molar-refractivity contribution in [2.45, 2.75) is 6.54 Å². The van der Waals surface area contributed by atoms with Crippen LogP contribution in [0.3, 0.4) is 0 Å². The molecule has 0 aromatic heterocycles. The molecule has 1 saturated heterocycles. The normalized spacial score (nSPS) is 18.4.